The van der Waals surface area contributed by atoms with E-state index in [1.165, 1.54) is 6.20 Å². The van der Waals surface area contributed by atoms with Crippen LogP contribution in [0.2, 0.25) is 5.02 Å². The van der Waals surface area contributed by atoms with Gasteiger partial charge in [0.1, 0.15) is 11.6 Å². The molecule has 0 spiro atoms. The molecule has 1 aliphatic rings. The van der Waals surface area contributed by atoms with Crippen molar-refractivity contribution >= 4 is 33.8 Å². The van der Waals surface area contributed by atoms with Crippen LogP contribution in [0.4, 0.5) is 0 Å². The van der Waals surface area contributed by atoms with Crippen molar-refractivity contribution < 1.29 is 4.74 Å². The van der Waals surface area contributed by atoms with E-state index in [9.17, 15) is 4.79 Å². The van der Waals surface area contributed by atoms with Crippen molar-refractivity contribution in [2.75, 3.05) is 26.7 Å². The number of pyridine rings is 1. The molecule has 5 rings (SSSR count). The molecule has 4 aromatic rings. The van der Waals surface area contributed by atoms with Gasteiger partial charge in [-0.2, -0.15) is 0 Å². The molecule has 0 unspecified atom stereocenters. The molecular formula is C23H25ClN6O2. The van der Waals surface area contributed by atoms with Crippen LogP contribution in [-0.2, 0) is 6.54 Å². The maximum atomic E-state index is 12.5. The van der Waals surface area contributed by atoms with Gasteiger partial charge in [-0.05, 0) is 50.6 Å². The van der Waals surface area contributed by atoms with E-state index in [1.807, 2.05) is 19.1 Å². The first-order valence-electron chi connectivity index (χ1n) is 10.8. The van der Waals surface area contributed by atoms with Crippen LogP contribution in [-0.4, -0.2) is 56.1 Å². The fraction of sp³-hybridized carbons (Fsp3) is 0.391. The van der Waals surface area contributed by atoms with Gasteiger partial charge in [-0.1, -0.05) is 11.6 Å². The predicted molar refractivity (Wildman–Crippen MR) is 125 cm³/mol. The number of halogens is 1. The maximum Gasteiger partial charge on any atom is 0.269 e. The lowest BCUT2D eigenvalue weighted by Crippen LogP contribution is -2.37. The fourth-order valence-corrected chi connectivity index (χ4v) is 4.55. The zero-order chi connectivity index (χ0) is 22.2. The number of aryl methyl sites for hydroxylation is 1. The van der Waals surface area contributed by atoms with Gasteiger partial charge in [0.2, 0.25) is 0 Å². The van der Waals surface area contributed by atoms with Crippen molar-refractivity contribution in [1.82, 2.24) is 29.4 Å². The highest BCUT2D eigenvalue weighted by atomic mass is 35.5. The van der Waals surface area contributed by atoms with E-state index in [-0.39, 0.29) is 5.56 Å². The van der Waals surface area contributed by atoms with Crippen LogP contribution in [0.5, 0.6) is 5.75 Å². The molecule has 32 heavy (non-hydrogen) atoms. The Morgan fingerprint density at radius 1 is 1.16 bits per heavy atom. The molecule has 1 N–H and O–H groups in total. The van der Waals surface area contributed by atoms with E-state index in [2.05, 4.69) is 25.9 Å². The number of ether oxygens (including phenoxy) is 1. The molecule has 9 heteroatoms. The Bertz CT molecular complexity index is 1300. The number of hydrogen-bond donors (Lipinski definition) is 1. The van der Waals surface area contributed by atoms with Crippen molar-refractivity contribution in [3.63, 3.8) is 0 Å². The SMILES string of the molecule is COc1cnc2ncc(=O)n(CCN3CCC(c4nc5cc(Cl)c(C)cc5[nH]4)CC3)c2c1. The topological polar surface area (TPSA) is 88.9 Å². The first-order chi connectivity index (χ1) is 15.5. The molecular weight excluding hydrogens is 428 g/mol. The Morgan fingerprint density at radius 3 is 2.72 bits per heavy atom. The normalized spacial score (nSPS) is 15.6. The maximum absolute atomic E-state index is 12.5. The van der Waals surface area contributed by atoms with Crippen LogP contribution in [0.1, 0.15) is 30.1 Å². The predicted octanol–water partition coefficient (Wildman–Crippen LogP) is 3.52. The second-order valence-electron chi connectivity index (χ2n) is 8.32. The van der Waals surface area contributed by atoms with E-state index in [1.54, 1.807) is 17.9 Å². The van der Waals surface area contributed by atoms with E-state index in [0.717, 1.165) is 59.9 Å². The van der Waals surface area contributed by atoms with Gasteiger partial charge in [0.25, 0.3) is 5.56 Å². The highest BCUT2D eigenvalue weighted by Gasteiger charge is 2.23. The number of aromatic nitrogens is 5. The van der Waals surface area contributed by atoms with Crippen LogP contribution in [0.15, 0.2) is 35.4 Å². The molecule has 1 aromatic carbocycles. The molecule has 0 radical (unpaired) electrons. The largest absolute Gasteiger partial charge is 0.495 e. The third kappa shape index (κ3) is 3.96. The molecule has 1 aliphatic heterocycles. The highest BCUT2D eigenvalue weighted by Crippen LogP contribution is 2.29. The van der Waals surface area contributed by atoms with Gasteiger partial charge in [-0.15, -0.1) is 0 Å². The minimum Gasteiger partial charge on any atom is -0.495 e. The van der Waals surface area contributed by atoms with Crippen LogP contribution >= 0.6 is 11.6 Å². The number of aromatic amines is 1. The number of imidazole rings is 1. The van der Waals surface area contributed by atoms with Crippen LogP contribution in [0, 0.1) is 6.92 Å². The summed E-state index contributed by atoms with van der Waals surface area (Å²) in [5, 5.41) is 0.747. The molecule has 166 valence electrons. The van der Waals surface area contributed by atoms with Crippen molar-refractivity contribution in [2.24, 2.45) is 0 Å². The first-order valence-corrected chi connectivity index (χ1v) is 11.2. The Hall–Kier alpha value is -2.97. The molecule has 0 bridgehead atoms. The second kappa shape index (κ2) is 8.52. The number of likely N-dealkylation sites (tertiary alicyclic amines) is 1. The van der Waals surface area contributed by atoms with Crippen LogP contribution in [0.25, 0.3) is 22.2 Å². The van der Waals surface area contributed by atoms with Crippen molar-refractivity contribution in [2.45, 2.75) is 32.2 Å². The molecule has 1 fully saturated rings. The zero-order valence-corrected chi connectivity index (χ0v) is 18.9. The van der Waals surface area contributed by atoms with Gasteiger partial charge >= 0.3 is 0 Å². The molecule has 8 nitrogen and oxygen atoms in total. The number of benzene rings is 1. The number of piperidine rings is 1. The summed E-state index contributed by atoms with van der Waals surface area (Å²) in [5.41, 5.74) is 4.13. The smallest absolute Gasteiger partial charge is 0.269 e. The average molecular weight is 453 g/mol. The van der Waals surface area contributed by atoms with Crippen molar-refractivity contribution in [3.05, 3.63) is 57.4 Å². The third-order valence-corrected chi connectivity index (χ3v) is 6.71. The van der Waals surface area contributed by atoms with Crippen LogP contribution in [0.3, 0.4) is 0 Å². The van der Waals surface area contributed by atoms with Gasteiger partial charge in [0.15, 0.2) is 5.65 Å². The van der Waals surface area contributed by atoms with E-state index >= 15 is 0 Å². The number of rotatable bonds is 5. The van der Waals surface area contributed by atoms with Gasteiger partial charge in [-0.25, -0.2) is 15.0 Å². The minimum absolute atomic E-state index is 0.126. The monoisotopic (exact) mass is 452 g/mol. The lowest BCUT2D eigenvalue weighted by Gasteiger charge is -2.31. The van der Waals surface area contributed by atoms with Crippen LogP contribution < -0.4 is 10.3 Å². The molecule has 3 aromatic heterocycles. The summed E-state index contributed by atoms with van der Waals surface area (Å²) in [6, 6.07) is 5.81. The summed E-state index contributed by atoms with van der Waals surface area (Å²) < 4.78 is 7.00. The second-order valence-corrected chi connectivity index (χ2v) is 8.73. The third-order valence-electron chi connectivity index (χ3n) is 6.31. The Morgan fingerprint density at radius 2 is 1.94 bits per heavy atom. The molecule has 0 aliphatic carbocycles. The number of methoxy groups -OCH3 is 1. The summed E-state index contributed by atoms with van der Waals surface area (Å²) in [5.74, 6) is 2.05. The average Bonchev–Trinajstić information content (AvgIpc) is 3.21. The standard InChI is InChI=1S/C23H25ClN6O2/c1-14-9-18-19(11-17(14)24)28-22(27-18)15-3-5-29(6-4-15)7-8-30-20-10-16(32-2)12-25-23(20)26-13-21(30)31/h9-13,15H,3-8H2,1-2H3,(H,27,28). The molecule has 4 heterocycles. The minimum atomic E-state index is -0.126. The zero-order valence-electron chi connectivity index (χ0n) is 18.1. The molecule has 1 saturated heterocycles. The lowest BCUT2D eigenvalue weighted by atomic mass is 9.96. The van der Waals surface area contributed by atoms with E-state index < -0.39 is 0 Å². The van der Waals surface area contributed by atoms with Crippen molar-refractivity contribution in [1.29, 1.82) is 0 Å². The quantitative estimate of drug-likeness (QED) is 0.498. The number of hydrogen-bond acceptors (Lipinski definition) is 6. The number of nitrogens with zero attached hydrogens (tertiary/aromatic N) is 5. The van der Waals surface area contributed by atoms with Crippen molar-refractivity contribution in [3.8, 4) is 5.75 Å². The molecule has 0 saturated carbocycles. The summed E-state index contributed by atoms with van der Waals surface area (Å²) >= 11 is 6.25. The van der Waals surface area contributed by atoms with Gasteiger partial charge < -0.3 is 19.2 Å². The van der Waals surface area contributed by atoms with Gasteiger partial charge in [0.05, 0.1) is 36.1 Å². The van der Waals surface area contributed by atoms with Gasteiger partial charge in [-0.3, -0.25) is 4.79 Å². The Kier molecular flexibility index (Phi) is 5.57. The number of H-pyrrole nitrogens is 1. The fourth-order valence-electron chi connectivity index (χ4n) is 4.40. The van der Waals surface area contributed by atoms with E-state index in [0.29, 0.717) is 29.4 Å². The number of fused-ring (bicyclic) bond motifs is 2. The van der Waals surface area contributed by atoms with E-state index in [4.69, 9.17) is 21.3 Å². The summed E-state index contributed by atoms with van der Waals surface area (Å²) in [7, 11) is 1.59. The Balaban J connectivity index is 1.26. The lowest BCUT2D eigenvalue weighted by molar-refractivity contribution is 0.203. The molecule has 0 amide bonds. The Labute approximate surface area is 190 Å². The van der Waals surface area contributed by atoms with Gasteiger partial charge in [0, 0.05) is 30.1 Å². The summed E-state index contributed by atoms with van der Waals surface area (Å²) in [6.07, 6.45) is 4.99. The molecule has 0 atom stereocenters. The summed E-state index contributed by atoms with van der Waals surface area (Å²) in [4.78, 5) is 31.6. The highest BCUT2D eigenvalue weighted by molar-refractivity contribution is 6.32. The summed E-state index contributed by atoms with van der Waals surface area (Å²) in [6.45, 7) is 5.30. The number of nitrogens with one attached hydrogen (secondary N) is 1. The first kappa shape index (κ1) is 20.9.